The van der Waals surface area contributed by atoms with E-state index in [0.717, 1.165) is 66.2 Å². The number of rotatable bonds is 0. The average Bonchev–Trinajstić information content (AvgIpc) is 2.83. The maximum atomic E-state index is 14.3. The van der Waals surface area contributed by atoms with E-state index in [1.165, 1.54) is 22.3 Å². The van der Waals surface area contributed by atoms with Crippen molar-refractivity contribution in [3.63, 3.8) is 0 Å². The smallest absolute Gasteiger partial charge is 0.197 e. The van der Waals surface area contributed by atoms with Crippen LogP contribution in [0.25, 0.3) is 43.6 Å². The molecular formula is C32H36N2O2. The Morgan fingerprint density at radius 1 is 0.333 bits per heavy atom. The zero-order chi connectivity index (χ0) is 26.7. The molecule has 0 spiro atoms. The minimum absolute atomic E-state index is 0.0600. The van der Waals surface area contributed by atoms with Gasteiger partial charge in [0.2, 0.25) is 0 Å². The van der Waals surface area contributed by atoms with Gasteiger partial charge in [0.15, 0.2) is 10.9 Å². The van der Waals surface area contributed by atoms with Gasteiger partial charge in [-0.05, 0) is 125 Å². The summed E-state index contributed by atoms with van der Waals surface area (Å²) in [5.41, 5.74) is 14.6. The third-order valence-electron chi connectivity index (χ3n) is 9.49. The van der Waals surface area contributed by atoms with Crippen molar-refractivity contribution in [1.82, 2.24) is 9.13 Å². The fraction of sp³-hybridized carbons (Fsp3) is 0.375. The lowest BCUT2D eigenvalue weighted by Gasteiger charge is -2.24. The van der Waals surface area contributed by atoms with Gasteiger partial charge in [-0.1, -0.05) is 0 Å². The summed E-state index contributed by atoms with van der Waals surface area (Å²) < 4.78 is 4.31. The van der Waals surface area contributed by atoms with Crippen molar-refractivity contribution in [3.8, 4) is 0 Å². The first-order valence-corrected chi connectivity index (χ1v) is 12.7. The Kier molecular flexibility index (Phi) is 5.10. The predicted molar refractivity (Wildman–Crippen MR) is 154 cm³/mol. The molecule has 0 amide bonds. The molecule has 2 heterocycles. The highest BCUT2D eigenvalue weighted by Gasteiger charge is 2.25. The molecule has 0 fully saturated rings. The normalized spacial score (nSPS) is 12.1. The standard InChI is InChI=1S/C32H36N2O2/c1-13-15(3)19(7)27-23(17(13)5)31(35)25-21(9)30-26(22(10)29(25)33(27)11)32(36)24-18(6)14(2)16(4)20(8)28(24)34(30)12/h1-12H3. The van der Waals surface area contributed by atoms with E-state index < -0.39 is 0 Å². The highest BCUT2D eigenvalue weighted by Crippen LogP contribution is 2.37. The molecule has 5 rings (SSSR count). The second kappa shape index (κ2) is 7.55. The van der Waals surface area contributed by atoms with E-state index >= 15 is 0 Å². The van der Waals surface area contributed by atoms with E-state index in [1.807, 2.05) is 27.9 Å². The molecule has 186 valence electrons. The van der Waals surface area contributed by atoms with Crippen LogP contribution in [0.5, 0.6) is 0 Å². The lowest BCUT2D eigenvalue weighted by Crippen LogP contribution is -2.20. The van der Waals surface area contributed by atoms with E-state index in [0.29, 0.717) is 10.8 Å². The first-order chi connectivity index (χ1) is 16.7. The van der Waals surface area contributed by atoms with Crippen LogP contribution >= 0.6 is 0 Å². The van der Waals surface area contributed by atoms with Crippen LogP contribution < -0.4 is 10.9 Å². The predicted octanol–water partition coefficient (Wildman–Crippen LogP) is 6.78. The Morgan fingerprint density at radius 2 is 0.556 bits per heavy atom. The topological polar surface area (TPSA) is 44.0 Å². The van der Waals surface area contributed by atoms with Gasteiger partial charge >= 0.3 is 0 Å². The quantitative estimate of drug-likeness (QED) is 0.229. The molecule has 5 aromatic rings. The maximum Gasteiger partial charge on any atom is 0.197 e. The molecule has 0 bridgehead atoms. The molecule has 0 aliphatic carbocycles. The average molecular weight is 481 g/mol. The van der Waals surface area contributed by atoms with Crippen LogP contribution in [0.15, 0.2) is 9.59 Å². The fourth-order valence-electron chi connectivity index (χ4n) is 6.81. The zero-order valence-corrected chi connectivity index (χ0v) is 23.7. The highest BCUT2D eigenvalue weighted by atomic mass is 16.1. The van der Waals surface area contributed by atoms with Crippen molar-refractivity contribution in [2.75, 3.05) is 0 Å². The van der Waals surface area contributed by atoms with Crippen LogP contribution in [0, 0.1) is 69.2 Å². The van der Waals surface area contributed by atoms with Gasteiger partial charge in [-0.25, -0.2) is 0 Å². The SMILES string of the molecule is Cc1c(C)c(C)c2c(c1C)c(=O)c1c(C)c3c(c(C)c1n2C)c(=O)c1c(C)c(C)c(C)c(C)c1n3C. The highest BCUT2D eigenvalue weighted by molar-refractivity contribution is 6.10. The Hall–Kier alpha value is -3.40. The second-order valence-corrected chi connectivity index (χ2v) is 10.9. The van der Waals surface area contributed by atoms with Crippen LogP contribution in [0.2, 0.25) is 0 Å². The molecule has 0 unspecified atom stereocenters. The fourth-order valence-corrected chi connectivity index (χ4v) is 6.81. The first kappa shape index (κ1) is 24.3. The Morgan fingerprint density at radius 3 is 0.861 bits per heavy atom. The van der Waals surface area contributed by atoms with Crippen molar-refractivity contribution in [1.29, 1.82) is 0 Å². The molecule has 36 heavy (non-hydrogen) atoms. The van der Waals surface area contributed by atoms with E-state index in [9.17, 15) is 9.59 Å². The van der Waals surface area contributed by atoms with E-state index in [-0.39, 0.29) is 10.9 Å². The minimum Gasteiger partial charge on any atom is -0.343 e. The first-order valence-electron chi connectivity index (χ1n) is 12.7. The molecular weight excluding hydrogens is 444 g/mol. The van der Waals surface area contributed by atoms with Gasteiger partial charge in [0.1, 0.15) is 0 Å². The van der Waals surface area contributed by atoms with Gasteiger partial charge in [-0.15, -0.1) is 0 Å². The van der Waals surface area contributed by atoms with E-state index in [4.69, 9.17) is 0 Å². The van der Waals surface area contributed by atoms with Gasteiger partial charge in [0, 0.05) is 24.9 Å². The number of pyridine rings is 2. The summed E-state index contributed by atoms with van der Waals surface area (Å²) >= 11 is 0. The molecule has 3 aromatic carbocycles. The van der Waals surface area contributed by atoms with Crippen molar-refractivity contribution in [2.45, 2.75) is 69.2 Å². The molecule has 4 heteroatoms. The summed E-state index contributed by atoms with van der Waals surface area (Å²) in [4.78, 5) is 28.5. The van der Waals surface area contributed by atoms with Crippen molar-refractivity contribution >= 4 is 43.6 Å². The zero-order valence-electron chi connectivity index (χ0n) is 23.7. The summed E-state index contributed by atoms with van der Waals surface area (Å²) in [5.74, 6) is 0. The number of hydrogen-bond acceptors (Lipinski definition) is 2. The number of fused-ring (bicyclic) bond motifs is 4. The molecule has 0 aliphatic rings. The van der Waals surface area contributed by atoms with Crippen molar-refractivity contribution in [3.05, 3.63) is 76.1 Å². The Bertz CT molecular complexity index is 1840. The number of aryl methyl sites for hydroxylation is 8. The van der Waals surface area contributed by atoms with Gasteiger partial charge in [0.05, 0.1) is 32.8 Å². The number of benzene rings is 3. The van der Waals surface area contributed by atoms with E-state index in [2.05, 4.69) is 64.5 Å². The second-order valence-electron chi connectivity index (χ2n) is 10.9. The molecule has 0 aliphatic heterocycles. The summed E-state index contributed by atoms with van der Waals surface area (Å²) in [7, 11) is 4.08. The van der Waals surface area contributed by atoms with Gasteiger partial charge in [0.25, 0.3) is 0 Å². The Labute approximate surface area is 212 Å². The van der Waals surface area contributed by atoms with Crippen molar-refractivity contribution < 1.29 is 0 Å². The summed E-state index contributed by atoms with van der Waals surface area (Å²) in [6.45, 7) is 20.8. The maximum absolute atomic E-state index is 14.3. The number of nitrogens with zero attached hydrogens (tertiary/aromatic N) is 2. The third kappa shape index (κ3) is 2.65. The largest absolute Gasteiger partial charge is 0.343 e. The van der Waals surface area contributed by atoms with Crippen LogP contribution in [-0.4, -0.2) is 9.13 Å². The van der Waals surface area contributed by atoms with E-state index in [1.54, 1.807) is 0 Å². The van der Waals surface area contributed by atoms with Crippen LogP contribution in [-0.2, 0) is 14.1 Å². The lowest BCUT2D eigenvalue weighted by atomic mass is 9.89. The summed E-state index contributed by atoms with van der Waals surface area (Å²) in [6, 6.07) is 0. The van der Waals surface area contributed by atoms with Gasteiger partial charge < -0.3 is 9.13 Å². The molecule has 2 aromatic heterocycles. The van der Waals surface area contributed by atoms with Crippen LogP contribution in [0.3, 0.4) is 0 Å². The van der Waals surface area contributed by atoms with Gasteiger partial charge in [-0.2, -0.15) is 0 Å². The Balaban J connectivity index is 2.24. The van der Waals surface area contributed by atoms with Crippen LogP contribution in [0.1, 0.15) is 55.6 Å². The lowest BCUT2D eigenvalue weighted by molar-refractivity contribution is 0.972. The third-order valence-corrected chi connectivity index (χ3v) is 9.49. The monoisotopic (exact) mass is 480 g/mol. The molecule has 0 saturated carbocycles. The number of aromatic nitrogens is 2. The molecule has 0 radical (unpaired) electrons. The number of hydrogen-bond donors (Lipinski definition) is 0. The van der Waals surface area contributed by atoms with Crippen LogP contribution in [0.4, 0.5) is 0 Å². The molecule has 0 atom stereocenters. The summed E-state index contributed by atoms with van der Waals surface area (Å²) in [5, 5.41) is 3.01. The molecule has 0 N–H and O–H groups in total. The van der Waals surface area contributed by atoms with Crippen molar-refractivity contribution in [2.24, 2.45) is 14.1 Å². The summed E-state index contributed by atoms with van der Waals surface area (Å²) in [6.07, 6.45) is 0. The van der Waals surface area contributed by atoms with Gasteiger partial charge in [-0.3, -0.25) is 9.59 Å². The molecule has 0 saturated heterocycles. The minimum atomic E-state index is 0.0600. The molecule has 4 nitrogen and oxygen atoms in total.